The molecule has 4 nitrogen and oxygen atoms in total. The molecule has 2 aromatic rings. The third-order valence-electron chi connectivity index (χ3n) is 3.98. The van der Waals surface area contributed by atoms with Gasteiger partial charge in [-0.1, -0.05) is 32.9 Å². The summed E-state index contributed by atoms with van der Waals surface area (Å²) in [6.07, 6.45) is 2.97. The highest BCUT2D eigenvalue weighted by molar-refractivity contribution is 5.85. The number of benzene rings is 1. The van der Waals surface area contributed by atoms with Crippen LogP contribution in [0.25, 0.3) is 10.9 Å². The molecule has 142 valence electrons. The van der Waals surface area contributed by atoms with Crippen molar-refractivity contribution in [3.8, 4) is 0 Å². The van der Waals surface area contributed by atoms with Crippen molar-refractivity contribution >= 4 is 35.7 Å². The lowest BCUT2D eigenvalue weighted by Crippen LogP contribution is -2.31. The molecule has 1 aromatic carbocycles. The Hall–Kier alpha value is -1.10. The van der Waals surface area contributed by atoms with E-state index in [0.717, 1.165) is 48.1 Å². The fraction of sp³-hybridized carbons (Fsp3) is 0.579. The van der Waals surface area contributed by atoms with Crippen molar-refractivity contribution in [1.82, 2.24) is 14.9 Å². The molecule has 1 heterocycles. The number of hydrogen-bond acceptors (Lipinski definition) is 3. The maximum Gasteiger partial charge on any atom is 0.261 e. The Kier molecular flexibility index (Phi) is 9.70. The largest absolute Gasteiger partial charge is 0.320 e. The van der Waals surface area contributed by atoms with E-state index in [-0.39, 0.29) is 35.8 Å². The summed E-state index contributed by atoms with van der Waals surface area (Å²) in [7, 11) is 1.96. The molecule has 0 aliphatic rings. The summed E-state index contributed by atoms with van der Waals surface area (Å²) in [4.78, 5) is 17.9. The number of halogens is 2. The van der Waals surface area contributed by atoms with E-state index >= 15 is 0 Å². The van der Waals surface area contributed by atoms with Crippen LogP contribution in [0.3, 0.4) is 0 Å². The quantitative estimate of drug-likeness (QED) is 0.757. The molecule has 0 atom stereocenters. The molecular formula is C19H31Cl2N3O. The Morgan fingerprint density at radius 3 is 2.44 bits per heavy atom. The highest BCUT2D eigenvalue weighted by atomic mass is 35.5. The van der Waals surface area contributed by atoms with Crippen molar-refractivity contribution in [1.29, 1.82) is 0 Å². The van der Waals surface area contributed by atoms with Gasteiger partial charge >= 0.3 is 0 Å². The molecule has 0 aliphatic heterocycles. The minimum absolute atomic E-state index is 0. The third kappa shape index (κ3) is 6.28. The number of nitrogens with one attached hydrogen (secondary N) is 1. The van der Waals surface area contributed by atoms with E-state index in [1.165, 1.54) is 0 Å². The van der Waals surface area contributed by atoms with Gasteiger partial charge in [-0.15, -0.1) is 24.8 Å². The lowest BCUT2D eigenvalue weighted by molar-refractivity contribution is 0.330. The van der Waals surface area contributed by atoms with Gasteiger partial charge in [0.1, 0.15) is 5.82 Å². The molecule has 0 bridgehead atoms. The average Bonchev–Trinajstić information content (AvgIpc) is 2.46. The highest BCUT2D eigenvalue weighted by Gasteiger charge is 2.18. The molecule has 2 rings (SSSR count). The van der Waals surface area contributed by atoms with Crippen LogP contribution >= 0.6 is 24.8 Å². The molecule has 0 amide bonds. The highest BCUT2D eigenvalue weighted by Crippen LogP contribution is 2.19. The third-order valence-corrected chi connectivity index (χ3v) is 3.98. The maximum absolute atomic E-state index is 13.0. The minimum atomic E-state index is 0. The van der Waals surface area contributed by atoms with Crippen LogP contribution < -0.4 is 10.9 Å². The van der Waals surface area contributed by atoms with Crippen molar-refractivity contribution in [2.24, 2.45) is 5.41 Å². The minimum Gasteiger partial charge on any atom is -0.320 e. The van der Waals surface area contributed by atoms with E-state index < -0.39 is 0 Å². The van der Waals surface area contributed by atoms with E-state index in [1.807, 2.05) is 36.7 Å². The van der Waals surface area contributed by atoms with Gasteiger partial charge in [0.2, 0.25) is 0 Å². The molecule has 0 aliphatic carbocycles. The van der Waals surface area contributed by atoms with Crippen molar-refractivity contribution in [2.45, 2.75) is 53.5 Å². The Morgan fingerprint density at radius 2 is 1.84 bits per heavy atom. The molecule has 1 N–H and O–H groups in total. The smallest absolute Gasteiger partial charge is 0.261 e. The number of fused-ring (bicyclic) bond motifs is 1. The van der Waals surface area contributed by atoms with Crippen LogP contribution in [-0.2, 0) is 13.0 Å². The van der Waals surface area contributed by atoms with Crippen LogP contribution in [-0.4, -0.2) is 23.1 Å². The fourth-order valence-electron chi connectivity index (χ4n) is 2.89. The molecule has 0 saturated carbocycles. The number of nitrogens with zero attached hydrogens (tertiary/aromatic N) is 2. The lowest BCUT2D eigenvalue weighted by atomic mass is 9.96. The first kappa shape index (κ1) is 23.9. The zero-order chi connectivity index (χ0) is 17.0. The van der Waals surface area contributed by atoms with Gasteiger partial charge in [0, 0.05) is 13.0 Å². The Bertz CT molecular complexity index is 736. The summed E-state index contributed by atoms with van der Waals surface area (Å²) in [6.45, 7) is 10.2. The molecule has 25 heavy (non-hydrogen) atoms. The van der Waals surface area contributed by atoms with Gasteiger partial charge in [0.25, 0.3) is 5.56 Å². The zero-order valence-electron chi connectivity index (χ0n) is 15.9. The summed E-state index contributed by atoms with van der Waals surface area (Å²) >= 11 is 0. The van der Waals surface area contributed by atoms with Crippen molar-refractivity contribution in [3.05, 3.63) is 39.9 Å². The first-order valence-electron chi connectivity index (χ1n) is 8.47. The monoisotopic (exact) mass is 387 g/mol. The fourth-order valence-corrected chi connectivity index (χ4v) is 2.89. The lowest BCUT2D eigenvalue weighted by Gasteiger charge is -2.23. The summed E-state index contributed by atoms with van der Waals surface area (Å²) in [5.74, 6) is 0.916. The van der Waals surface area contributed by atoms with Crippen LogP contribution in [0.1, 0.15) is 45.0 Å². The normalized spacial score (nSPS) is 11.1. The van der Waals surface area contributed by atoms with Gasteiger partial charge in [-0.2, -0.15) is 0 Å². The number of aromatic nitrogens is 2. The van der Waals surface area contributed by atoms with Gasteiger partial charge < -0.3 is 5.32 Å². The van der Waals surface area contributed by atoms with Crippen molar-refractivity contribution < 1.29 is 0 Å². The molecule has 6 heteroatoms. The van der Waals surface area contributed by atoms with Gasteiger partial charge in [0.15, 0.2) is 0 Å². The predicted molar refractivity (Wildman–Crippen MR) is 112 cm³/mol. The molecule has 1 aromatic heterocycles. The Labute approximate surface area is 163 Å². The molecule has 0 spiro atoms. The molecular weight excluding hydrogens is 357 g/mol. The van der Waals surface area contributed by atoms with E-state index in [9.17, 15) is 4.79 Å². The first-order chi connectivity index (χ1) is 10.8. The number of hydrogen-bond donors (Lipinski definition) is 1. The second-order valence-corrected chi connectivity index (χ2v) is 7.51. The second kappa shape index (κ2) is 10.1. The van der Waals surface area contributed by atoms with E-state index in [0.29, 0.717) is 6.54 Å². The Morgan fingerprint density at radius 1 is 1.16 bits per heavy atom. The maximum atomic E-state index is 13.0. The van der Waals surface area contributed by atoms with Gasteiger partial charge in [-0.25, -0.2) is 4.98 Å². The van der Waals surface area contributed by atoms with Crippen molar-refractivity contribution in [3.63, 3.8) is 0 Å². The van der Waals surface area contributed by atoms with Crippen molar-refractivity contribution in [2.75, 3.05) is 13.6 Å². The van der Waals surface area contributed by atoms with Crippen LogP contribution in [0, 0.1) is 12.3 Å². The van der Waals surface area contributed by atoms with Crippen LogP contribution in [0.15, 0.2) is 23.0 Å². The van der Waals surface area contributed by atoms with Gasteiger partial charge in [-0.05, 0) is 50.4 Å². The Balaban J connectivity index is 0.00000288. The van der Waals surface area contributed by atoms with Crippen LogP contribution in [0.2, 0.25) is 0 Å². The number of rotatable bonds is 6. The summed E-state index contributed by atoms with van der Waals surface area (Å²) in [5, 5.41) is 3.93. The molecule has 0 fully saturated rings. The van der Waals surface area contributed by atoms with Crippen LogP contribution in [0.4, 0.5) is 0 Å². The topological polar surface area (TPSA) is 46.9 Å². The standard InChI is InChI=1S/C19H29N3O.2ClH/c1-14-9-8-10-15-17(14)18(23)22(13-19(2,3)4)16(21-15)11-6-7-12-20-5;;/h8-10,20H,6-7,11-13H2,1-5H3;2*1H. The van der Waals surface area contributed by atoms with Crippen LogP contribution in [0.5, 0.6) is 0 Å². The predicted octanol–water partition coefficient (Wildman–Crippen LogP) is 4.14. The number of aryl methyl sites for hydroxylation is 2. The summed E-state index contributed by atoms with van der Waals surface area (Å²) in [5.41, 5.74) is 1.97. The second-order valence-electron chi connectivity index (χ2n) is 7.51. The average molecular weight is 388 g/mol. The molecule has 0 saturated heterocycles. The van der Waals surface area contributed by atoms with E-state index in [4.69, 9.17) is 4.98 Å². The summed E-state index contributed by atoms with van der Waals surface area (Å²) < 4.78 is 1.90. The SMILES string of the molecule is CNCCCCc1nc2cccc(C)c2c(=O)n1CC(C)(C)C.Cl.Cl. The first-order valence-corrected chi connectivity index (χ1v) is 8.47. The molecule has 0 unspecified atom stereocenters. The van der Waals surface area contributed by atoms with E-state index in [1.54, 1.807) is 0 Å². The summed E-state index contributed by atoms with van der Waals surface area (Å²) in [6, 6.07) is 5.91. The molecule has 0 radical (unpaired) electrons. The van der Waals surface area contributed by atoms with E-state index in [2.05, 4.69) is 26.1 Å². The zero-order valence-corrected chi connectivity index (χ0v) is 17.5. The van der Waals surface area contributed by atoms with Gasteiger partial charge in [-0.3, -0.25) is 9.36 Å². The number of unbranched alkanes of at least 4 members (excludes halogenated alkanes) is 1. The van der Waals surface area contributed by atoms with Gasteiger partial charge in [0.05, 0.1) is 10.9 Å².